The maximum atomic E-state index is 11.9. The van der Waals surface area contributed by atoms with Crippen LogP contribution in [-0.4, -0.2) is 22.0 Å². The van der Waals surface area contributed by atoms with E-state index in [2.05, 4.69) is 21.8 Å². The fourth-order valence-electron chi connectivity index (χ4n) is 3.48. The van der Waals surface area contributed by atoms with Crippen LogP contribution < -0.4 is 5.32 Å². The van der Waals surface area contributed by atoms with E-state index in [1.807, 2.05) is 6.20 Å². The molecule has 5 heteroatoms. The summed E-state index contributed by atoms with van der Waals surface area (Å²) in [5.41, 5.74) is 1.79. The van der Waals surface area contributed by atoms with Gasteiger partial charge >= 0.3 is 0 Å². The normalized spacial score (nSPS) is 16.2. The molecule has 2 heterocycles. The number of hydrogen-bond acceptors (Lipinski definition) is 3. The summed E-state index contributed by atoms with van der Waals surface area (Å²) >= 11 is 0. The Morgan fingerprint density at radius 1 is 1.35 bits per heavy atom. The maximum Gasteiger partial charge on any atom is 0.254 e. The third-order valence-corrected chi connectivity index (χ3v) is 4.67. The number of carbonyl (C=O) groups is 1. The Bertz CT molecular complexity index is 623. The minimum absolute atomic E-state index is 0.0944. The second-order valence-electron chi connectivity index (χ2n) is 6.35. The smallest absolute Gasteiger partial charge is 0.254 e. The molecule has 1 aliphatic carbocycles. The van der Waals surface area contributed by atoms with Crippen LogP contribution in [0.1, 0.15) is 66.4 Å². The molecule has 1 saturated carbocycles. The summed E-state index contributed by atoms with van der Waals surface area (Å²) in [6.45, 7) is 2.72. The molecule has 0 aromatic carbocycles. The Balaban J connectivity index is 1.61. The van der Waals surface area contributed by atoms with Crippen molar-refractivity contribution in [1.82, 2.24) is 14.9 Å². The predicted molar refractivity (Wildman–Crippen MR) is 88.4 cm³/mol. The first-order chi connectivity index (χ1) is 11.3. The fraction of sp³-hybridized carbons (Fsp3) is 0.556. The molecule has 0 unspecified atom stereocenters. The molecule has 1 amide bonds. The Kier molecular flexibility index (Phi) is 5.16. The predicted octanol–water partition coefficient (Wildman–Crippen LogP) is 3.65. The molecule has 0 atom stereocenters. The number of furan rings is 1. The van der Waals surface area contributed by atoms with E-state index >= 15 is 0 Å². The third kappa shape index (κ3) is 3.84. The minimum Gasteiger partial charge on any atom is -0.472 e. The summed E-state index contributed by atoms with van der Waals surface area (Å²) in [6.07, 6.45) is 13.5. The van der Waals surface area contributed by atoms with Gasteiger partial charge in [0.2, 0.25) is 0 Å². The van der Waals surface area contributed by atoms with Gasteiger partial charge in [-0.3, -0.25) is 4.79 Å². The van der Waals surface area contributed by atoms with Crippen LogP contribution in [0.2, 0.25) is 0 Å². The first kappa shape index (κ1) is 15.8. The molecule has 0 aliphatic heterocycles. The summed E-state index contributed by atoms with van der Waals surface area (Å²) in [5, 5.41) is 2.93. The van der Waals surface area contributed by atoms with Crippen molar-refractivity contribution in [1.29, 1.82) is 0 Å². The quantitative estimate of drug-likeness (QED) is 0.857. The lowest BCUT2D eigenvalue weighted by atomic mass is 10.1. The molecule has 0 bridgehead atoms. The number of carbonyl (C=O) groups excluding carboxylic acids is 1. The number of nitrogens with one attached hydrogen (secondary N) is 1. The lowest BCUT2D eigenvalue weighted by Gasteiger charge is -2.21. The van der Waals surface area contributed by atoms with Crippen molar-refractivity contribution >= 4 is 5.91 Å². The Labute approximate surface area is 137 Å². The molecule has 124 valence electrons. The van der Waals surface area contributed by atoms with Crippen LogP contribution in [0.15, 0.2) is 29.2 Å². The molecule has 2 aromatic rings. The standard InChI is InChI=1S/C18H25N3O2/c1-14-12-20-17(21(14)16-6-4-2-3-5-7-16)8-10-19-18(22)15-9-11-23-13-15/h9,11-13,16H,2-8,10H2,1H3,(H,19,22). The van der Waals surface area contributed by atoms with Crippen LogP contribution in [0.25, 0.3) is 0 Å². The highest BCUT2D eigenvalue weighted by molar-refractivity contribution is 5.93. The fourth-order valence-corrected chi connectivity index (χ4v) is 3.48. The molecule has 3 rings (SSSR count). The van der Waals surface area contributed by atoms with Gasteiger partial charge in [0.05, 0.1) is 11.8 Å². The number of aromatic nitrogens is 2. The minimum atomic E-state index is -0.0944. The average Bonchev–Trinajstić information content (AvgIpc) is 3.12. The van der Waals surface area contributed by atoms with Gasteiger partial charge in [0.1, 0.15) is 12.1 Å². The molecule has 1 fully saturated rings. The highest BCUT2D eigenvalue weighted by Crippen LogP contribution is 2.29. The first-order valence-electron chi connectivity index (χ1n) is 8.59. The van der Waals surface area contributed by atoms with Gasteiger partial charge in [-0.05, 0) is 25.8 Å². The van der Waals surface area contributed by atoms with Gasteiger partial charge < -0.3 is 14.3 Å². The molecule has 23 heavy (non-hydrogen) atoms. The zero-order valence-electron chi connectivity index (χ0n) is 13.8. The van der Waals surface area contributed by atoms with Crippen molar-refractivity contribution in [2.24, 2.45) is 0 Å². The summed E-state index contributed by atoms with van der Waals surface area (Å²) in [5.74, 6) is 0.991. The summed E-state index contributed by atoms with van der Waals surface area (Å²) in [6, 6.07) is 2.24. The van der Waals surface area contributed by atoms with E-state index in [1.165, 1.54) is 56.7 Å². The number of hydrogen-bond donors (Lipinski definition) is 1. The molecule has 1 N–H and O–H groups in total. The van der Waals surface area contributed by atoms with Crippen LogP contribution in [0.3, 0.4) is 0 Å². The van der Waals surface area contributed by atoms with Gasteiger partial charge in [-0.25, -0.2) is 4.98 Å². The summed E-state index contributed by atoms with van der Waals surface area (Å²) in [7, 11) is 0. The number of rotatable bonds is 5. The van der Waals surface area contributed by atoms with E-state index in [0.717, 1.165) is 12.2 Å². The van der Waals surface area contributed by atoms with Gasteiger partial charge in [-0.15, -0.1) is 0 Å². The van der Waals surface area contributed by atoms with Crippen molar-refractivity contribution in [3.05, 3.63) is 41.9 Å². The zero-order valence-corrected chi connectivity index (χ0v) is 13.8. The van der Waals surface area contributed by atoms with E-state index in [1.54, 1.807) is 6.07 Å². The number of aryl methyl sites for hydroxylation is 1. The van der Waals surface area contributed by atoms with E-state index in [4.69, 9.17) is 4.42 Å². The number of imidazole rings is 1. The van der Waals surface area contributed by atoms with Crippen molar-refractivity contribution in [2.45, 2.75) is 57.9 Å². The monoisotopic (exact) mass is 315 g/mol. The number of amides is 1. The highest BCUT2D eigenvalue weighted by atomic mass is 16.3. The molecule has 5 nitrogen and oxygen atoms in total. The van der Waals surface area contributed by atoms with Crippen LogP contribution >= 0.6 is 0 Å². The Morgan fingerprint density at radius 2 is 2.13 bits per heavy atom. The van der Waals surface area contributed by atoms with Gasteiger partial charge in [0, 0.05) is 30.9 Å². The second-order valence-corrected chi connectivity index (χ2v) is 6.35. The van der Waals surface area contributed by atoms with Crippen LogP contribution in [-0.2, 0) is 6.42 Å². The molecule has 0 spiro atoms. The third-order valence-electron chi connectivity index (χ3n) is 4.67. The van der Waals surface area contributed by atoms with Gasteiger partial charge in [0.15, 0.2) is 0 Å². The Hall–Kier alpha value is -2.04. The van der Waals surface area contributed by atoms with Gasteiger partial charge in [-0.1, -0.05) is 25.7 Å². The van der Waals surface area contributed by atoms with E-state index in [0.29, 0.717) is 18.2 Å². The molecule has 0 radical (unpaired) electrons. The molecular formula is C18H25N3O2. The van der Waals surface area contributed by atoms with E-state index in [-0.39, 0.29) is 5.91 Å². The van der Waals surface area contributed by atoms with E-state index in [9.17, 15) is 4.79 Å². The van der Waals surface area contributed by atoms with E-state index < -0.39 is 0 Å². The van der Waals surface area contributed by atoms with Crippen molar-refractivity contribution in [3.8, 4) is 0 Å². The highest BCUT2D eigenvalue weighted by Gasteiger charge is 2.19. The molecule has 0 saturated heterocycles. The largest absolute Gasteiger partial charge is 0.472 e. The molecule has 2 aromatic heterocycles. The van der Waals surface area contributed by atoms with Crippen LogP contribution in [0.4, 0.5) is 0 Å². The average molecular weight is 315 g/mol. The maximum absolute atomic E-state index is 11.9. The first-order valence-corrected chi connectivity index (χ1v) is 8.59. The van der Waals surface area contributed by atoms with Crippen molar-refractivity contribution < 1.29 is 9.21 Å². The second kappa shape index (κ2) is 7.49. The van der Waals surface area contributed by atoms with Gasteiger partial charge in [0.25, 0.3) is 5.91 Å². The zero-order chi connectivity index (χ0) is 16.1. The topological polar surface area (TPSA) is 60.1 Å². The lowest BCUT2D eigenvalue weighted by molar-refractivity contribution is 0.0953. The van der Waals surface area contributed by atoms with Crippen molar-refractivity contribution in [3.63, 3.8) is 0 Å². The summed E-state index contributed by atoms with van der Waals surface area (Å²) < 4.78 is 7.33. The lowest BCUT2D eigenvalue weighted by Crippen LogP contribution is -2.26. The van der Waals surface area contributed by atoms with Crippen LogP contribution in [0, 0.1) is 6.92 Å². The van der Waals surface area contributed by atoms with Crippen LogP contribution in [0.5, 0.6) is 0 Å². The molecular weight excluding hydrogens is 290 g/mol. The number of nitrogens with zero attached hydrogens (tertiary/aromatic N) is 2. The molecule has 1 aliphatic rings. The summed E-state index contributed by atoms with van der Waals surface area (Å²) in [4.78, 5) is 16.5. The Morgan fingerprint density at radius 3 is 2.83 bits per heavy atom. The van der Waals surface area contributed by atoms with Crippen molar-refractivity contribution in [2.75, 3.05) is 6.54 Å². The van der Waals surface area contributed by atoms with Gasteiger partial charge in [-0.2, -0.15) is 0 Å². The SMILES string of the molecule is Cc1cnc(CCNC(=O)c2ccoc2)n1C1CCCCCC1.